The van der Waals surface area contributed by atoms with Crippen molar-refractivity contribution in [3.8, 4) is 11.3 Å². The summed E-state index contributed by atoms with van der Waals surface area (Å²) in [4.78, 5) is 66.4. The summed E-state index contributed by atoms with van der Waals surface area (Å²) in [6, 6.07) is 25.0. The minimum Gasteiger partial charge on any atom is -0.464 e. The fraction of sp³-hybridized carbons (Fsp3) is 0.395. The van der Waals surface area contributed by atoms with E-state index in [1.165, 1.54) is 5.01 Å². The lowest BCUT2D eigenvalue weighted by molar-refractivity contribution is -0.149. The average Bonchev–Trinajstić information content (AvgIpc) is 3.79. The van der Waals surface area contributed by atoms with Gasteiger partial charge in [0.2, 0.25) is 5.91 Å². The summed E-state index contributed by atoms with van der Waals surface area (Å²) in [7, 11) is 0. The van der Waals surface area contributed by atoms with Crippen molar-refractivity contribution >= 4 is 24.0 Å². The van der Waals surface area contributed by atoms with Crippen molar-refractivity contribution in [3.05, 3.63) is 120 Å². The second-order valence-electron chi connectivity index (χ2n) is 14.7. The van der Waals surface area contributed by atoms with Crippen molar-refractivity contribution in [2.24, 2.45) is 5.92 Å². The number of nitrogens with one attached hydrogen (secondary N) is 1. The van der Waals surface area contributed by atoms with Gasteiger partial charge in [-0.1, -0.05) is 87.0 Å². The lowest BCUT2D eigenvalue weighted by atomic mass is 9.95. The molecule has 300 valence electrons. The third-order valence-corrected chi connectivity index (χ3v) is 10.7. The number of hydrogen-bond donors (Lipinski definition) is 3. The minimum absolute atomic E-state index is 0.0189. The molecule has 14 heteroatoms. The van der Waals surface area contributed by atoms with Gasteiger partial charge < -0.3 is 30.1 Å². The number of urea groups is 1. The summed E-state index contributed by atoms with van der Waals surface area (Å²) in [5, 5.41) is 28.1. The monoisotopic (exact) mass is 777 g/mol. The number of esters is 1. The quantitative estimate of drug-likeness (QED) is 0.0991. The van der Waals surface area contributed by atoms with Crippen molar-refractivity contribution in [1.82, 2.24) is 35.1 Å². The lowest BCUT2D eigenvalue weighted by Crippen LogP contribution is -2.60. The van der Waals surface area contributed by atoms with Crippen LogP contribution in [0.15, 0.2) is 97.2 Å². The molecule has 4 amide bonds. The zero-order valence-electron chi connectivity index (χ0n) is 32.6. The van der Waals surface area contributed by atoms with Gasteiger partial charge in [-0.05, 0) is 54.7 Å². The molecule has 2 fully saturated rings. The van der Waals surface area contributed by atoms with Crippen molar-refractivity contribution in [3.63, 3.8) is 0 Å². The summed E-state index contributed by atoms with van der Waals surface area (Å²) in [6.07, 6.45) is -0.0178. The van der Waals surface area contributed by atoms with Gasteiger partial charge in [0.15, 0.2) is 6.04 Å². The highest BCUT2D eigenvalue weighted by molar-refractivity contribution is 5.88. The molecule has 4 heterocycles. The molecule has 2 aliphatic rings. The first-order chi connectivity index (χ1) is 27.5. The van der Waals surface area contributed by atoms with Crippen molar-refractivity contribution in [2.45, 2.75) is 77.4 Å². The largest absolute Gasteiger partial charge is 0.464 e. The molecule has 6 rings (SSSR count). The van der Waals surface area contributed by atoms with Crippen LogP contribution in [-0.4, -0.2) is 114 Å². The van der Waals surface area contributed by atoms with Crippen LogP contribution in [0, 0.1) is 12.8 Å². The van der Waals surface area contributed by atoms with E-state index in [9.17, 15) is 29.4 Å². The summed E-state index contributed by atoms with van der Waals surface area (Å²) in [5.41, 5.74) is 4.81. The fourth-order valence-electron chi connectivity index (χ4n) is 7.49. The van der Waals surface area contributed by atoms with E-state index in [0.717, 1.165) is 38.8 Å². The van der Waals surface area contributed by atoms with Gasteiger partial charge >= 0.3 is 18.1 Å². The number of carbonyl (C=O) groups excluding carboxylic acids is 3. The highest BCUT2D eigenvalue weighted by atomic mass is 16.5. The number of carbonyl (C=O) groups is 4. The first-order valence-electron chi connectivity index (χ1n) is 19.5. The third kappa shape index (κ3) is 10.1. The number of rotatable bonds is 17. The van der Waals surface area contributed by atoms with Crippen LogP contribution in [0.25, 0.3) is 11.3 Å². The Kier molecular flexibility index (Phi) is 13.5. The van der Waals surface area contributed by atoms with Gasteiger partial charge in [0, 0.05) is 50.1 Å². The maximum absolute atomic E-state index is 14.5. The molecule has 0 saturated carbocycles. The molecule has 2 aromatic heterocycles. The van der Waals surface area contributed by atoms with E-state index in [2.05, 4.69) is 15.3 Å². The lowest BCUT2D eigenvalue weighted by Gasteiger charge is -2.38. The predicted octanol–water partition coefficient (Wildman–Crippen LogP) is 4.91. The summed E-state index contributed by atoms with van der Waals surface area (Å²) < 4.78 is 5.17. The summed E-state index contributed by atoms with van der Waals surface area (Å²) in [6.45, 7) is 6.71. The first-order valence-corrected chi connectivity index (χ1v) is 19.5. The normalized spacial score (nSPS) is 17.6. The molecule has 0 bridgehead atoms. The summed E-state index contributed by atoms with van der Waals surface area (Å²) in [5.74, 6) is -1.31. The number of amides is 4. The van der Waals surface area contributed by atoms with E-state index in [-0.39, 0.29) is 44.5 Å². The Morgan fingerprint density at radius 1 is 0.965 bits per heavy atom. The Morgan fingerprint density at radius 2 is 1.72 bits per heavy atom. The second-order valence-corrected chi connectivity index (χ2v) is 14.7. The molecular weight excluding hydrogens is 727 g/mol. The molecule has 2 aromatic carbocycles. The summed E-state index contributed by atoms with van der Waals surface area (Å²) >= 11 is 0. The number of pyridine rings is 2. The third-order valence-electron chi connectivity index (χ3n) is 10.7. The number of cyclic esters (lactones) is 1. The number of benzene rings is 2. The topological polar surface area (TPSA) is 169 Å². The average molecular weight is 778 g/mol. The molecule has 0 radical (unpaired) electrons. The number of hydrazine groups is 1. The number of aliphatic hydroxyl groups is 1. The SMILES string of the molecule is CC[C@H](C)[C@@H](C(=O)N[C@@H](Cc1ccccc1)[C@@H](O)CN(Cc1ccc(-c2ccccn2)cc1)N(C(=O)O)C1CCOC1=O)N1CCN(Cc2cccc(C)n2)C1=O. The highest BCUT2D eigenvalue weighted by Crippen LogP contribution is 2.25. The number of aliphatic hydroxyl groups excluding tert-OH is 1. The number of aryl methyl sites for hydroxylation is 1. The number of hydrogen-bond acceptors (Lipinski definition) is 9. The Labute approximate surface area is 333 Å². The fourth-order valence-corrected chi connectivity index (χ4v) is 7.49. The standard InChI is InChI=1S/C43H51N7O7/c1-4-29(2)39(49-23-22-47(42(49)54)27-34-14-10-11-30(3)45-34)40(52)46-36(25-31-12-6-5-7-13-31)38(51)28-48(50(43(55)56)37-20-24-57-41(37)53)26-32-16-18-33(19-17-32)35-15-8-9-21-44-35/h5-19,21,29,36-39,51H,4,20,22-28H2,1-3H3,(H,46,52)(H,55,56)/t29-,36-,37?,38-,39-/m0/s1. The van der Waals surface area contributed by atoms with Crippen molar-refractivity contribution < 1.29 is 34.1 Å². The van der Waals surface area contributed by atoms with E-state index in [1.807, 2.05) is 112 Å². The molecule has 14 nitrogen and oxygen atoms in total. The Balaban J connectivity index is 1.26. The van der Waals surface area contributed by atoms with Crippen LogP contribution in [0.4, 0.5) is 9.59 Å². The Hall–Kier alpha value is -5.86. The van der Waals surface area contributed by atoms with Crippen molar-refractivity contribution in [2.75, 3.05) is 26.2 Å². The first kappa shape index (κ1) is 40.8. The molecule has 3 N–H and O–H groups in total. The van der Waals surface area contributed by atoms with Gasteiger partial charge in [-0.25, -0.2) is 24.4 Å². The number of ether oxygens (including phenoxy) is 1. The van der Waals surface area contributed by atoms with Gasteiger partial charge in [0.05, 0.1) is 36.7 Å². The van der Waals surface area contributed by atoms with E-state index in [0.29, 0.717) is 26.1 Å². The highest BCUT2D eigenvalue weighted by Gasteiger charge is 2.43. The Bertz CT molecular complexity index is 1980. The number of carboxylic acid groups (broad SMARTS) is 1. The molecule has 2 aliphatic heterocycles. The molecule has 0 spiro atoms. The van der Waals surface area contributed by atoms with Crippen LogP contribution in [0.5, 0.6) is 0 Å². The smallest absolute Gasteiger partial charge is 0.422 e. The van der Waals surface area contributed by atoms with Gasteiger partial charge in [0.1, 0.15) is 6.04 Å². The molecule has 0 aliphatic carbocycles. The number of aromatic nitrogens is 2. The zero-order valence-corrected chi connectivity index (χ0v) is 32.6. The van der Waals surface area contributed by atoms with Crippen LogP contribution >= 0.6 is 0 Å². The molecular formula is C43H51N7O7. The van der Waals surface area contributed by atoms with Crippen molar-refractivity contribution in [1.29, 1.82) is 0 Å². The van der Waals surface area contributed by atoms with Crippen LogP contribution in [0.1, 0.15) is 49.2 Å². The zero-order chi connectivity index (χ0) is 40.5. The minimum atomic E-state index is -1.38. The van der Waals surface area contributed by atoms with E-state index in [1.54, 1.807) is 16.0 Å². The predicted molar refractivity (Wildman–Crippen MR) is 212 cm³/mol. The van der Waals surface area contributed by atoms with Gasteiger partial charge in [-0.3, -0.25) is 14.8 Å². The van der Waals surface area contributed by atoms with Gasteiger partial charge in [0.25, 0.3) is 0 Å². The molecule has 2 saturated heterocycles. The van der Waals surface area contributed by atoms with Crippen LogP contribution < -0.4 is 5.32 Å². The molecule has 4 aromatic rings. The maximum atomic E-state index is 14.5. The van der Waals surface area contributed by atoms with E-state index < -0.39 is 42.2 Å². The van der Waals surface area contributed by atoms with Gasteiger partial charge in [-0.15, -0.1) is 0 Å². The molecule has 57 heavy (non-hydrogen) atoms. The second kappa shape index (κ2) is 18.9. The van der Waals surface area contributed by atoms with Crippen LogP contribution in [0.2, 0.25) is 0 Å². The van der Waals surface area contributed by atoms with Gasteiger partial charge in [-0.2, -0.15) is 0 Å². The van der Waals surface area contributed by atoms with Crippen LogP contribution in [-0.2, 0) is 33.8 Å². The molecule has 5 atom stereocenters. The maximum Gasteiger partial charge on any atom is 0.422 e. The molecule has 1 unspecified atom stereocenters. The Morgan fingerprint density at radius 3 is 2.37 bits per heavy atom. The van der Waals surface area contributed by atoms with E-state index in [4.69, 9.17) is 4.74 Å². The van der Waals surface area contributed by atoms with E-state index >= 15 is 0 Å². The van der Waals surface area contributed by atoms with Crippen LogP contribution in [0.3, 0.4) is 0 Å². The number of nitrogens with zero attached hydrogens (tertiary/aromatic N) is 6.